The molecule has 1 amide bonds. The number of hydrogen-bond acceptors (Lipinski definition) is 7. The second kappa shape index (κ2) is 6.36. The van der Waals surface area contributed by atoms with Crippen LogP contribution in [0.1, 0.15) is 55.4 Å². The Morgan fingerprint density at radius 2 is 1.88 bits per heavy atom. The van der Waals surface area contributed by atoms with Gasteiger partial charge in [0.25, 0.3) is 5.91 Å². The molecule has 9 heteroatoms. The van der Waals surface area contributed by atoms with Crippen LogP contribution in [0.4, 0.5) is 0 Å². The summed E-state index contributed by atoms with van der Waals surface area (Å²) in [5, 5.41) is 13.0. The van der Waals surface area contributed by atoms with E-state index in [1.165, 1.54) is 6.08 Å². The van der Waals surface area contributed by atoms with Gasteiger partial charge in [-0.25, -0.2) is 0 Å². The van der Waals surface area contributed by atoms with Gasteiger partial charge in [0.05, 0.1) is 22.8 Å². The molecule has 4 aliphatic rings. The topological polar surface area (TPSA) is 119 Å². The van der Waals surface area contributed by atoms with Crippen molar-refractivity contribution in [3.8, 4) is 5.75 Å². The molecule has 2 heterocycles. The Morgan fingerprint density at radius 3 is 2.55 bits per heavy atom. The van der Waals surface area contributed by atoms with Crippen molar-refractivity contribution in [2.75, 3.05) is 6.26 Å². The third kappa shape index (κ3) is 2.75. The Hall–Kier alpha value is -2.91. The van der Waals surface area contributed by atoms with Crippen molar-refractivity contribution >= 4 is 21.8 Å². The van der Waals surface area contributed by atoms with Gasteiger partial charge in [-0.3, -0.25) is 9.59 Å². The summed E-state index contributed by atoms with van der Waals surface area (Å²) >= 11 is 0. The lowest BCUT2D eigenvalue weighted by molar-refractivity contribution is -0.127. The smallest absolute Gasteiger partial charge is 0.306 e. The van der Waals surface area contributed by atoms with E-state index in [0.29, 0.717) is 28.9 Å². The van der Waals surface area contributed by atoms with Crippen LogP contribution >= 0.6 is 0 Å². The molecular weight excluding hydrogens is 446 g/mol. The molecule has 0 saturated heterocycles. The highest BCUT2D eigenvalue weighted by atomic mass is 32.2. The molecule has 0 aromatic heterocycles. The molecule has 2 aliphatic carbocycles. The minimum Gasteiger partial charge on any atom is -0.477 e. The summed E-state index contributed by atoms with van der Waals surface area (Å²) in [6, 6.07) is 3.48. The zero-order valence-electron chi connectivity index (χ0n) is 19.0. The van der Waals surface area contributed by atoms with Gasteiger partial charge in [-0.15, -0.1) is 0 Å². The number of hydrogen-bond donors (Lipinski definition) is 2. The number of carbonyl (C=O) groups excluding carboxylic acids is 2. The number of ether oxygens (including phenoxy) is 1. The van der Waals surface area contributed by atoms with E-state index in [1.54, 1.807) is 19.9 Å². The van der Waals surface area contributed by atoms with Crippen LogP contribution in [0, 0.1) is 10.8 Å². The molecule has 3 atom stereocenters. The monoisotopic (exact) mass is 471 g/mol. The van der Waals surface area contributed by atoms with Gasteiger partial charge in [-0.05, 0) is 44.4 Å². The highest BCUT2D eigenvalue weighted by Gasteiger charge is 2.64. The van der Waals surface area contributed by atoms with Crippen molar-refractivity contribution in [1.82, 2.24) is 5.32 Å². The number of aliphatic hydroxyl groups excluding tert-OH is 1. The van der Waals surface area contributed by atoms with Gasteiger partial charge in [0.1, 0.15) is 5.75 Å². The number of aliphatic hydroxyl groups is 1. The number of benzene rings is 1. The molecule has 2 N–H and O–H groups in total. The van der Waals surface area contributed by atoms with E-state index in [-0.39, 0.29) is 5.76 Å². The van der Waals surface area contributed by atoms with Crippen molar-refractivity contribution in [1.29, 1.82) is 0 Å². The first-order chi connectivity index (χ1) is 15.2. The van der Waals surface area contributed by atoms with E-state index in [9.17, 15) is 23.1 Å². The molecule has 3 unspecified atom stereocenters. The van der Waals surface area contributed by atoms with Crippen LogP contribution in [0.25, 0.3) is 0 Å². The predicted molar refractivity (Wildman–Crippen MR) is 119 cm³/mol. The highest BCUT2D eigenvalue weighted by Crippen LogP contribution is 2.62. The Bertz CT molecular complexity index is 1350. The Balaban J connectivity index is 1.83. The lowest BCUT2D eigenvalue weighted by Gasteiger charge is -2.58. The van der Waals surface area contributed by atoms with Crippen molar-refractivity contribution in [3.63, 3.8) is 0 Å². The average Bonchev–Trinajstić information content (AvgIpc) is 2.98. The third-order valence-corrected chi connectivity index (χ3v) is 7.98. The average molecular weight is 472 g/mol. The molecule has 0 saturated carbocycles. The van der Waals surface area contributed by atoms with Crippen molar-refractivity contribution in [2.45, 2.75) is 45.9 Å². The fraction of sp³-hybridized carbons (Fsp3) is 0.417. The summed E-state index contributed by atoms with van der Waals surface area (Å²) < 4.78 is 35.9. The lowest BCUT2D eigenvalue weighted by atomic mass is 9.52. The SMILES string of the molecule is CC1=CC=C2C(C)(C)C(=O)C(OS(C)(=O)=O)=CC23Oc2c(ccc4c2C(O)NC4=O)CC13C. The second-order valence-electron chi connectivity index (χ2n) is 9.92. The summed E-state index contributed by atoms with van der Waals surface area (Å²) in [6.45, 7) is 7.39. The molecule has 1 aromatic rings. The summed E-state index contributed by atoms with van der Waals surface area (Å²) in [4.78, 5) is 25.6. The molecule has 5 rings (SSSR count). The molecule has 1 aromatic carbocycles. The maximum atomic E-state index is 13.3. The van der Waals surface area contributed by atoms with Crippen LogP contribution in [0.15, 0.2) is 47.3 Å². The largest absolute Gasteiger partial charge is 0.477 e. The second-order valence-corrected chi connectivity index (χ2v) is 11.5. The van der Waals surface area contributed by atoms with Gasteiger partial charge in [-0.2, -0.15) is 8.42 Å². The fourth-order valence-corrected chi connectivity index (χ4v) is 6.03. The number of Topliss-reactive ketones (excluding diaryl/α,β-unsaturated/α-hetero) is 1. The minimum atomic E-state index is -3.98. The summed E-state index contributed by atoms with van der Waals surface area (Å²) in [7, 11) is -3.98. The van der Waals surface area contributed by atoms with Gasteiger partial charge in [-0.1, -0.05) is 30.7 Å². The fourth-order valence-electron chi connectivity index (χ4n) is 5.58. The van der Waals surface area contributed by atoms with Crippen molar-refractivity contribution < 1.29 is 32.0 Å². The van der Waals surface area contributed by atoms with E-state index in [1.807, 2.05) is 32.1 Å². The quantitative estimate of drug-likeness (QED) is 0.636. The zero-order valence-corrected chi connectivity index (χ0v) is 19.8. The number of fused-ring (bicyclic) bond motifs is 3. The zero-order chi connectivity index (χ0) is 24.1. The molecule has 1 spiro atoms. The van der Waals surface area contributed by atoms with Crippen LogP contribution in [0.2, 0.25) is 0 Å². The van der Waals surface area contributed by atoms with Gasteiger partial charge >= 0.3 is 10.1 Å². The first-order valence-electron chi connectivity index (χ1n) is 10.6. The molecule has 33 heavy (non-hydrogen) atoms. The molecule has 2 aliphatic heterocycles. The van der Waals surface area contributed by atoms with Crippen LogP contribution < -0.4 is 10.1 Å². The van der Waals surface area contributed by atoms with Crippen LogP contribution in [-0.4, -0.2) is 37.1 Å². The summed E-state index contributed by atoms with van der Waals surface area (Å²) in [6.07, 6.45) is 5.40. The van der Waals surface area contributed by atoms with E-state index < -0.39 is 44.5 Å². The van der Waals surface area contributed by atoms with Crippen molar-refractivity contribution in [3.05, 3.63) is 64.0 Å². The van der Waals surface area contributed by atoms with E-state index >= 15 is 0 Å². The first kappa shape index (κ1) is 21.9. The molecular formula is C24H25NO7S. The number of amides is 1. The van der Waals surface area contributed by atoms with Crippen molar-refractivity contribution in [2.24, 2.45) is 10.8 Å². The van der Waals surface area contributed by atoms with Crippen LogP contribution in [0.3, 0.4) is 0 Å². The third-order valence-electron chi connectivity index (χ3n) is 7.50. The maximum absolute atomic E-state index is 13.3. The van der Waals surface area contributed by atoms with Gasteiger partial charge in [0.2, 0.25) is 5.78 Å². The molecule has 0 fully saturated rings. The first-order valence-corrected chi connectivity index (χ1v) is 12.4. The van der Waals surface area contributed by atoms with E-state index in [2.05, 4.69) is 5.32 Å². The number of nitrogens with one attached hydrogen (secondary N) is 1. The number of ketones is 1. The number of rotatable bonds is 2. The van der Waals surface area contributed by atoms with Gasteiger partial charge in [0.15, 0.2) is 17.6 Å². The maximum Gasteiger partial charge on any atom is 0.306 e. The van der Waals surface area contributed by atoms with E-state index in [4.69, 9.17) is 8.92 Å². The van der Waals surface area contributed by atoms with Gasteiger partial charge in [0, 0.05) is 11.5 Å². The Labute approximate surface area is 192 Å². The number of allylic oxidation sites excluding steroid dienone is 3. The standard InChI is InChI=1S/C24H25NO7S/c1-12-6-9-16-22(2,3)19(26)15(32-33(5,29)30)11-24(16)23(12,4)10-13-7-8-14-17(18(13)31-24)21(28)25-20(14)27/h6-9,11,21,28H,10H2,1-5H3,(H,25,27). The number of carbonyl (C=O) groups is 2. The highest BCUT2D eigenvalue weighted by molar-refractivity contribution is 7.86. The molecule has 0 bridgehead atoms. The van der Waals surface area contributed by atoms with Crippen LogP contribution in [0.5, 0.6) is 5.75 Å². The lowest BCUT2D eigenvalue weighted by Crippen LogP contribution is -2.62. The predicted octanol–water partition coefficient (Wildman–Crippen LogP) is 2.46. The van der Waals surface area contributed by atoms with Gasteiger partial charge < -0.3 is 19.3 Å². The van der Waals surface area contributed by atoms with Crippen LogP contribution in [-0.2, 0) is 25.5 Å². The minimum absolute atomic E-state index is 0.300. The Kier molecular flexibility index (Phi) is 4.22. The molecule has 0 radical (unpaired) electrons. The summed E-state index contributed by atoms with van der Waals surface area (Å²) in [5.41, 5.74) is 0.0123. The van der Waals surface area contributed by atoms with E-state index in [0.717, 1.165) is 17.4 Å². The Morgan fingerprint density at radius 1 is 1.18 bits per heavy atom. The normalized spacial score (nSPS) is 31.6. The summed E-state index contributed by atoms with van der Waals surface area (Å²) in [5.74, 6) is -0.812. The molecule has 174 valence electrons. The molecule has 8 nitrogen and oxygen atoms in total.